The molecule has 2 N–H and O–H groups in total. The summed E-state index contributed by atoms with van der Waals surface area (Å²) in [6.07, 6.45) is 2.56. The van der Waals surface area contributed by atoms with Gasteiger partial charge in [0.25, 0.3) is 5.56 Å². The minimum absolute atomic E-state index is 0.131. The molecule has 1 amide bonds. The average molecular weight is 356 g/mol. The number of rotatable bonds is 7. The van der Waals surface area contributed by atoms with E-state index in [9.17, 15) is 9.59 Å². The Morgan fingerprint density at radius 2 is 2.04 bits per heavy atom. The van der Waals surface area contributed by atoms with Crippen molar-refractivity contribution in [2.45, 2.75) is 39.3 Å². The highest BCUT2D eigenvalue weighted by Crippen LogP contribution is 2.29. The predicted molar refractivity (Wildman–Crippen MR) is 101 cm³/mol. The Balaban J connectivity index is 1.86. The van der Waals surface area contributed by atoms with Gasteiger partial charge in [-0.15, -0.1) is 0 Å². The van der Waals surface area contributed by atoms with E-state index >= 15 is 0 Å². The summed E-state index contributed by atoms with van der Waals surface area (Å²) in [5.74, 6) is -0.131. The number of amides is 1. The maximum atomic E-state index is 12.6. The van der Waals surface area contributed by atoms with Gasteiger partial charge in [-0.25, -0.2) is 5.10 Å². The topological polar surface area (TPSA) is 89.0 Å². The summed E-state index contributed by atoms with van der Waals surface area (Å²) in [6.45, 7) is 6.90. The first kappa shape index (κ1) is 18.1. The second-order valence-electron chi connectivity index (χ2n) is 6.59. The third kappa shape index (κ3) is 3.48. The van der Waals surface area contributed by atoms with Crippen molar-refractivity contribution >= 4 is 27.7 Å². The van der Waals surface area contributed by atoms with Crippen LogP contribution >= 0.6 is 0 Å². The van der Waals surface area contributed by atoms with E-state index in [0.29, 0.717) is 18.7 Å². The van der Waals surface area contributed by atoms with Gasteiger partial charge in [0.15, 0.2) is 0 Å². The molecule has 0 spiro atoms. The van der Waals surface area contributed by atoms with Crippen LogP contribution in [0, 0.1) is 0 Å². The summed E-state index contributed by atoms with van der Waals surface area (Å²) in [4.78, 5) is 25.0. The smallest absolute Gasteiger partial charge is 0.288 e. The number of nitrogens with one attached hydrogen (secondary N) is 2. The largest absolute Gasteiger partial charge is 0.379 e. The van der Waals surface area contributed by atoms with E-state index < -0.39 is 6.04 Å². The summed E-state index contributed by atoms with van der Waals surface area (Å²) >= 11 is 0. The number of fused-ring (bicyclic) bond motifs is 3. The molecular formula is C19H24N4O3. The van der Waals surface area contributed by atoms with Crippen molar-refractivity contribution in [1.82, 2.24) is 20.1 Å². The molecule has 138 valence electrons. The Morgan fingerprint density at radius 3 is 2.81 bits per heavy atom. The molecule has 0 saturated heterocycles. The molecule has 0 aliphatic heterocycles. The first-order chi connectivity index (χ1) is 12.5. The minimum atomic E-state index is -0.521. The Morgan fingerprint density at radius 1 is 1.27 bits per heavy atom. The number of carbonyl (C=O) groups is 1. The fourth-order valence-corrected chi connectivity index (χ4v) is 3.13. The zero-order valence-corrected chi connectivity index (χ0v) is 15.3. The van der Waals surface area contributed by atoms with Crippen molar-refractivity contribution in [3.05, 3.63) is 40.8 Å². The highest BCUT2D eigenvalue weighted by atomic mass is 16.5. The third-order valence-corrected chi connectivity index (χ3v) is 4.36. The zero-order chi connectivity index (χ0) is 18.7. The maximum Gasteiger partial charge on any atom is 0.288 e. The van der Waals surface area contributed by atoms with E-state index in [1.807, 2.05) is 38.1 Å². The molecule has 0 radical (unpaired) electrons. The van der Waals surface area contributed by atoms with Crippen LogP contribution in [0.2, 0.25) is 0 Å². The predicted octanol–water partition coefficient (Wildman–Crippen LogP) is 2.37. The van der Waals surface area contributed by atoms with Crippen LogP contribution in [0.3, 0.4) is 0 Å². The van der Waals surface area contributed by atoms with Gasteiger partial charge in [-0.2, -0.15) is 5.10 Å². The van der Waals surface area contributed by atoms with Crippen molar-refractivity contribution in [1.29, 1.82) is 0 Å². The lowest BCUT2D eigenvalue weighted by Crippen LogP contribution is -2.33. The Hall–Kier alpha value is -2.67. The standard InChI is InChI=1S/C19H24N4O3/c1-12(2)26-10-6-9-20-18(24)13(3)23-16-8-5-4-7-14(16)15-11-21-22-19(25)17(15)23/h4-5,7-8,11-13H,6,9-10H2,1-3H3,(H,20,24)(H,22,25)/t13-/m1/s1. The van der Waals surface area contributed by atoms with Gasteiger partial charge in [0.2, 0.25) is 5.91 Å². The molecular weight excluding hydrogens is 332 g/mol. The first-order valence-electron chi connectivity index (χ1n) is 8.86. The summed E-state index contributed by atoms with van der Waals surface area (Å²) in [5, 5.41) is 10.9. The van der Waals surface area contributed by atoms with E-state index in [-0.39, 0.29) is 17.6 Å². The van der Waals surface area contributed by atoms with Gasteiger partial charge in [0, 0.05) is 23.9 Å². The van der Waals surface area contributed by atoms with Gasteiger partial charge >= 0.3 is 0 Å². The van der Waals surface area contributed by atoms with Gasteiger partial charge in [-0.05, 0) is 33.3 Å². The van der Waals surface area contributed by atoms with Gasteiger partial charge in [0.05, 0.1) is 17.8 Å². The third-order valence-electron chi connectivity index (χ3n) is 4.36. The molecule has 0 aliphatic carbocycles. The number of carbonyl (C=O) groups excluding carboxylic acids is 1. The normalized spacial score (nSPS) is 12.8. The first-order valence-corrected chi connectivity index (χ1v) is 8.86. The average Bonchev–Trinajstić information content (AvgIpc) is 2.96. The van der Waals surface area contributed by atoms with Crippen LogP contribution in [0.25, 0.3) is 21.8 Å². The van der Waals surface area contributed by atoms with E-state index in [4.69, 9.17) is 4.74 Å². The number of aromatic amines is 1. The number of nitrogens with zero attached hydrogens (tertiary/aromatic N) is 2. The van der Waals surface area contributed by atoms with Gasteiger partial charge < -0.3 is 14.6 Å². The summed E-state index contributed by atoms with van der Waals surface area (Å²) in [6, 6.07) is 7.13. The molecule has 0 saturated carbocycles. The van der Waals surface area contributed by atoms with E-state index in [0.717, 1.165) is 22.7 Å². The van der Waals surface area contributed by atoms with Crippen LogP contribution < -0.4 is 10.9 Å². The van der Waals surface area contributed by atoms with Gasteiger partial charge in [-0.1, -0.05) is 18.2 Å². The Bertz CT molecular complexity index is 974. The van der Waals surface area contributed by atoms with Crippen LogP contribution in [0.15, 0.2) is 35.3 Å². The fourth-order valence-electron chi connectivity index (χ4n) is 3.13. The lowest BCUT2D eigenvalue weighted by Gasteiger charge is -2.16. The summed E-state index contributed by atoms with van der Waals surface area (Å²) in [7, 11) is 0. The highest BCUT2D eigenvalue weighted by molar-refractivity contribution is 6.08. The number of hydrogen-bond acceptors (Lipinski definition) is 4. The second kappa shape index (κ2) is 7.70. The molecule has 7 nitrogen and oxygen atoms in total. The molecule has 2 heterocycles. The van der Waals surface area contributed by atoms with Crippen LogP contribution in [0.4, 0.5) is 0 Å². The molecule has 1 atom stereocenters. The number of benzene rings is 1. The van der Waals surface area contributed by atoms with Gasteiger partial charge in [-0.3, -0.25) is 9.59 Å². The molecule has 2 aromatic heterocycles. The lowest BCUT2D eigenvalue weighted by molar-refractivity contribution is -0.123. The number of ether oxygens (including phenoxy) is 1. The lowest BCUT2D eigenvalue weighted by atomic mass is 10.2. The molecule has 26 heavy (non-hydrogen) atoms. The second-order valence-corrected chi connectivity index (χ2v) is 6.59. The van der Waals surface area contributed by atoms with E-state index in [1.165, 1.54) is 0 Å². The molecule has 7 heteroatoms. The maximum absolute atomic E-state index is 12.6. The Labute approximate surface area is 151 Å². The minimum Gasteiger partial charge on any atom is -0.379 e. The van der Waals surface area contributed by atoms with Crippen molar-refractivity contribution < 1.29 is 9.53 Å². The SMILES string of the molecule is CC(C)OCCCNC(=O)[C@@H](C)n1c2ccccc2c2cn[nH]c(=O)c21. The quantitative estimate of drug-likeness (QED) is 0.636. The van der Waals surface area contributed by atoms with Crippen molar-refractivity contribution in [3.8, 4) is 0 Å². The van der Waals surface area contributed by atoms with E-state index in [2.05, 4.69) is 15.5 Å². The summed E-state index contributed by atoms with van der Waals surface area (Å²) < 4.78 is 7.26. The number of para-hydroxylation sites is 1. The molecule has 3 rings (SSSR count). The van der Waals surface area contributed by atoms with Crippen LogP contribution in [-0.4, -0.2) is 39.9 Å². The monoisotopic (exact) mass is 356 g/mol. The molecule has 3 aromatic rings. The fraction of sp³-hybridized carbons (Fsp3) is 0.421. The molecule has 0 unspecified atom stereocenters. The molecule has 0 bridgehead atoms. The summed E-state index contributed by atoms with van der Waals surface area (Å²) in [5.41, 5.74) is 1.00. The number of H-pyrrole nitrogens is 1. The van der Waals surface area contributed by atoms with E-state index in [1.54, 1.807) is 17.7 Å². The van der Waals surface area contributed by atoms with Gasteiger partial charge in [0.1, 0.15) is 11.6 Å². The zero-order valence-electron chi connectivity index (χ0n) is 15.3. The molecule has 0 fully saturated rings. The molecule has 0 aliphatic rings. The van der Waals surface area contributed by atoms with Crippen LogP contribution in [0.5, 0.6) is 0 Å². The van der Waals surface area contributed by atoms with Crippen molar-refractivity contribution in [2.75, 3.05) is 13.2 Å². The number of aromatic nitrogens is 3. The molecule has 1 aromatic carbocycles. The van der Waals surface area contributed by atoms with Crippen molar-refractivity contribution in [2.24, 2.45) is 0 Å². The van der Waals surface area contributed by atoms with Crippen LogP contribution in [-0.2, 0) is 9.53 Å². The highest BCUT2D eigenvalue weighted by Gasteiger charge is 2.22. The van der Waals surface area contributed by atoms with Crippen LogP contribution in [0.1, 0.15) is 33.2 Å². The Kier molecular flexibility index (Phi) is 5.37. The number of hydrogen-bond donors (Lipinski definition) is 2. The van der Waals surface area contributed by atoms with Crippen molar-refractivity contribution in [3.63, 3.8) is 0 Å².